The van der Waals surface area contributed by atoms with Gasteiger partial charge in [0.2, 0.25) is 0 Å². The largest absolute Gasteiger partial charge is 0.396 e. The number of hydrogen-bond donors (Lipinski definition) is 1. The number of aliphatic hydroxyl groups excluding tert-OH is 1. The zero-order chi connectivity index (χ0) is 15.5. The van der Waals surface area contributed by atoms with Crippen molar-refractivity contribution in [2.45, 2.75) is 25.3 Å². The van der Waals surface area contributed by atoms with Crippen molar-refractivity contribution in [2.75, 3.05) is 13.2 Å². The summed E-state index contributed by atoms with van der Waals surface area (Å²) in [5, 5.41) is 20.3. The van der Waals surface area contributed by atoms with E-state index in [1.807, 2.05) is 36.4 Å². The predicted molar refractivity (Wildman–Crippen MR) is 84.3 cm³/mol. The number of benzene rings is 2. The van der Waals surface area contributed by atoms with Crippen LogP contribution in [0, 0.1) is 11.3 Å². The van der Waals surface area contributed by atoms with Crippen LogP contribution in [0.4, 0.5) is 0 Å². The summed E-state index contributed by atoms with van der Waals surface area (Å²) in [6.07, 6.45) is 2.39. The van der Waals surface area contributed by atoms with E-state index in [0.717, 1.165) is 35.6 Å². The standard InChI is InChI=1S/C18H18N2O2/c19-12-16-15-9-8-13-6-2-3-7-14(13)17(15)18(22)20(16)10-4-1-5-11-21/h2-3,6-9,16,21H,1,4-5,10-11H2. The van der Waals surface area contributed by atoms with Gasteiger partial charge < -0.3 is 10.0 Å². The lowest BCUT2D eigenvalue weighted by molar-refractivity contribution is 0.0755. The highest BCUT2D eigenvalue weighted by Crippen LogP contribution is 2.37. The number of hydrogen-bond acceptors (Lipinski definition) is 3. The average molecular weight is 294 g/mol. The van der Waals surface area contributed by atoms with Crippen LogP contribution in [0.3, 0.4) is 0 Å². The minimum Gasteiger partial charge on any atom is -0.396 e. The van der Waals surface area contributed by atoms with Gasteiger partial charge in [-0.1, -0.05) is 36.4 Å². The molecule has 2 aromatic carbocycles. The molecule has 0 aromatic heterocycles. The maximum Gasteiger partial charge on any atom is 0.256 e. The zero-order valence-electron chi connectivity index (χ0n) is 12.3. The molecule has 1 aliphatic rings. The molecule has 4 nitrogen and oxygen atoms in total. The fourth-order valence-electron chi connectivity index (χ4n) is 3.12. The van der Waals surface area contributed by atoms with E-state index in [1.54, 1.807) is 4.90 Å². The quantitative estimate of drug-likeness (QED) is 0.862. The molecule has 1 aliphatic heterocycles. The number of rotatable bonds is 5. The summed E-state index contributed by atoms with van der Waals surface area (Å²) in [4.78, 5) is 14.4. The highest BCUT2D eigenvalue weighted by atomic mass is 16.2. The first-order valence-electron chi connectivity index (χ1n) is 7.61. The number of amides is 1. The van der Waals surface area contributed by atoms with Crippen LogP contribution in [0.1, 0.15) is 41.2 Å². The summed E-state index contributed by atoms with van der Waals surface area (Å²) in [6.45, 7) is 0.723. The number of carbonyl (C=O) groups excluding carboxylic acids is 1. The number of aliphatic hydroxyl groups is 1. The summed E-state index contributed by atoms with van der Waals surface area (Å²) in [5.41, 5.74) is 1.49. The Kier molecular flexibility index (Phi) is 4.08. The predicted octanol–water partition coefficient (Wildman–Crippen LogP) is 3.02. The topological polar surface area (TPSA) is 64.3 Å². The van der Waals surface area contributed by atoms with Crippen molar-refractivity contribution in [1.29, 1.82) is 5.26 Å². The lowest BCUT2D eigenvalue weighted by atomic mass is 9.98. The SMILES string of the molecule is N#CC1c2ccc3ccccc3c2C(=O)N1CCCCCO. The van der Waals surface area contributed by atoms with Gasteiger partial charge in [0.05, 0.1) is 11.6 Å². The van der Waals surface area contributed by atoms with Gasteiger partial charge in [0.15, 0.2) is 0 Å². The van der Waals surface area contributed by atoms with Gasteiger partial charge in [0, 0.05) is 18.7 Å². The van der Waals surface area contributed by atoms with Crippen molar-refractivity contribution >= 4 is 16.7 Å². The molecule has 0 aliphatic carbocycles. The van der Waals surface area contributed by atoms with Crippen LogP contribution in [0.2, 0.25) is 0 Å². The second-order valence-corrected chi connectivity index (χ2v) is 5.57. The van der Waals surface area contributed by atoms with Crippen LogP contribution in [0.5, 0.6) is 0 Å². The van der Waals surface area contributed by atoms with Crippen molar-refractivity contribution in [2.24, 2.45) is 0 Å². The smallest absolute Gasteiger partial charge is 0.256 e. The van der Waals surface area contributed by atoms with E-state index >= 15 is 0 Å². The van der Waals surface area contributed by atoms with E-state index in [-0.39, 0.29) is 12.5 Å². The second-order valence-electron chi connectivity index (χ2n) is 5.57. The van der Waals surface area contributed by atoms with Crippen LogP contribution < -0.4 is 0 Å². The monoisotopic (exact) mass is 294 g/mol. The third-order valence-electron chi connectivity index (χ3n) is 4.22. The van der Waals surface area contributed by atoms with Crippen molar-refractivity contribution in [3.05, 3.63) is 47.5 Å². The minimum atomic E-state index is -0.499. The highest BCUT2D eigenvalue weighted by Gasteiger charge is 2.37. The number of unbranched alkanes of at least 4 members (excludes halogenated alkanes) is 2. The van der Waals surface area contributed by atoms with E-state index in [4.69, 9.17) is 5.11 Å². The molecule has 4 heteroatoms. The van der Waals surface area contributed by atoms with Gasteiger partial charge in [-0.2, -0.15) is 5.26 Å². The summed E-state index contributed by atoms with van der Waals surface area (Å²) in [6, 6.07) is 13.4. The van der Waals surface area contributed by atoms with Gasteiger partial charge in [-0.3, -0.25) is 4.79 Å². The van der Waals surface area contributed by atoms with Crippen molar-refractivity contribution in [3.8, 4) is 6.07 Å². The van der Waals surface area contributed by atoms with Crippen molar-refractivity contribution in [3.63, 3.8) is 0 Å². The molecule has 22 heavy (non-hydrogen) atoms. The van der Waals surface area contributed by atoms with E-state index in [9.17, 15) is 10.1 Å². The molecule has 112 valence electrons. The molecule has 0 spiro atoms. The molecule has 1 N–H and O–H groups in total. The van der Waals surface area contributed by atoms with E-state index in [0.29, 0.717) is 12.1 Å². The third kappa shape index (κ3) is 2.34. The van der Waals surface area contributed by atoms with E-state index in [2.05, 4.69) is 6.07 Å². The molecule has 1 amide bonds. The Morgan fingerprint density at radius 1 is 1.14 bits per heavy atom. The lowest BCUT2D eigenvalue weighted by Crippen LogP contribution is -2.28. The average Bonchev–Trinajstić information content (AvgIpc) is 2.83. The van der Waals surface area contributed by atoms with Crippen molar-refractivity contribution < 1.29 is 9.90 Å². The van der Waals surface area contributed by atoms with Crippen LogP contribution in [0.15, 0.2) is 36.4 Å². The Hall–Kier alpha value is -2.38. The van der Waals surface area contributed by atoms with Gasteiger partial charge >= 0.3 is 0 Å². The molecule has 1 atom stereocenters. The molecular formula is C18H18N2O2. The number of nitrogens with zero attached hydrogens (tertiary/aromatic N) is 2. The lowest BCUT2D eigenvalue weighted by Gasteiger charge is -2.19. The van der Waals surface area contributed by atoms with Crippen LogP contribution in [-0.4, -0.2) is 29.1 Å². The van der Waals surface area contributed by atoms with E-state index in [1.165, 1.54) is 0 Å². The molecule has 1 unspecified atom stereocenters. The molecule has 2 aromatic rings. The molecule has 0 saturated heterocycles. The van der Waals surface area contributed by atoms with Gasteiger partial charge in [-0.05, 0) is 30.0 Å². The van der Waals surface area contributed by atoms with Crippen molar-refractivity contribution in [1.82, 2.24) is 4.90 Å². The van der Waals surface area contributed by atoms with E-state index < -0.39 is 6.04 Å². The summed E-state index contributed by atoms with van der Waals surface area (Å²) in [5.74, 6) is -0.0534. The Bertz CT molecular complexity index is 748. The number of nitriles is 1. The Morgan fingerprint density at radius 3 is 2.73 bits per heavy atom. The summed E-state index contributed by atoms with van der Waals surface area (Å²) < 4.78 is 0. The fourth-order valence-corrected chi connectivity index (χ4v) is 3.12. The Labute approximate surface area is 129 Å². The summed E-state index contributed by atoms with van der Waals surface area (Å²) in [7, 11) is 0. The normalized spacial score (nSPS) is 16.8. The van der Waals surface area contributed by atoms with Gasteiger partial charge in [-0.25, -0.2) is 0 Å². The maximum atomic E-state index is 12.8. The van der Waals surface area contributed by atoms with Crippen LogP contribution in [-0.2, 0) is 0 Å². The molecule has 0 radical (unpaired) electrons. The highest BCUT2D eigenvalue weighted by molar-refractivity contribution is 6.11. The first-order chi connectivity index (χ1) is 10.8. The molecule has 3 rings (SSSR count). The fraction of sp³-hybridized carbons (Fsp3) is 0.333. The molecule has 0 fully saturated rings. The molecule has 1 heterocycles. The van der Waals surface area contributed by atoms with Crippen LogP contribution in [0.25, 0.3) is 10.8 Å². The van der Waals surface area contributed by atoms with Gasteiger partial charge in [0.1, 0.15) is 6.04 Å². The van der Waals surface area contributed by atoms with Crippen LogP contribution >= 0.6 is 0 Å². The third-order valence-corrected chi connectivity index (χ3v) is 4.22. The summed E-state index contributed by atoms with van der Waals surface area (Å²) >= 11 is 0. The molecular weight excluding hydrogens is 276 g/mol. The number of fused-ring (bicyclic) bond motifs is 3. The Morgan fingerprint density at radius 2 is 1.95 bits per heavy atom. The minimum absolute atomic E-state index is 0.0534. The zero-order valence-corrected chi connectivity index (χ0v) is 12.3. The molecule has 0 saturated carbocycles. The Balaban J connectivity index is 1.95. The first kappa shape index (κ1) is 14.6. The van der Waals surface area contributed by atoms with Gasteiger partial charge in [-0.15, -0.1) is 0 Å². The second kappa shape index (κ2) is 6.17. The van der Waals surface area contributed by atoms with Gasteiger partial charge in [0.25, 0.3) is 5.91 Å². The maximum absolute atomic E-state index is 12.8. The number of carbonyl (C=O) groups is 1. The molecule has 0 bridgehead atoms. The first-order valence-corrected chi connectivity index (χ1v) is 7.61.